The molecular weight excluding hydrogens is 230 g/mol. The van der Waals surface area contributed by atoms with E-state index in [0.29, 0.717) is 6.54 Å². The number of carbonyl (C=O) groups is 1. The minimum atomic E-state index is -0.844. The summed E-state index contributed by atoms with van der Waals surface area (Å²) in [5.74, 6) is -0.844. The Morgan fingerprint density at radius 3 is 2.72 bits per heavy atom. The van der Waals surface area contributed by atoms with Gasteiger partial charge in [-0.25, -0.2) is 4.68 Å². The topological polar surface area (TPSA) is 67.2 Å². The van der Waals surface area contributed by atoms with Crippen LogP contribution in [0.3, 0.4) is 0 Å². The number of aromatic nitrogens is 2. The van der Waals surface area contributed by atoms with Crippen molar-refractivity contribution in [1.82, 2.24) is 15.1 Å². The molecule has 94 valence electrons. The third-order valence-corrected chi connectivity index (χ3v) is 2.69. The molecule has 0 bridgehead atoms. The highest BCUT2D eigenvalue weighted by atomic mass is 16.4. The third kappa shape index (κ3) is 2.95. The molecule has 0 aliphatic rings. The smallest absolute Gasteiger partial charge is 0.320 e. The summed E-state index contributed by atoms with van der Waals surface area (Å²) in [5, 5.41) is 15.8. The van der Waals surface area contributed by atoms with Crippen LogP contribution in [0.2, 0.25) is 0 Å². The maximum absolute atomic E-state index is 10.7. The Balaban J connectivity index is 1.98. The van der Waals surface area contributed by atoms with Gasteiger partial charge in [0.25, 0.3) is 0 Å². The van der Waals surface area contributed by atoms with Crippen LogP contribution in [0.15, 0.2) is 42.7 Å². The highest BCUT2D eigenvalue weighted by Gasteiger charge is 2.08. The van der Waals surface area contributed by atoms with E-state index in [4.69, 9.17) is 5.11 Å². The molecule has 0 aliphatic heterocycles. The van der Waals surface area contributed by atoms with Gasteiger partial charge in [0, 0.05) is 18.9 Å². The summed E-state index contributed by atoms with van der Waals surface area (Å²) < 4.78 is 1.77. The number of benzene rings is 1. The minimum absolute atomic E-state index is 0.535. The van der Waals surface area contributed by atoms with Crippen LogP contribution in [0.4, 0.5) is 0 Å². The Bertz CT molecular complexity index is 506. The molecule has 1 atom stereocenters. The lowest BCUT2D eigenvalue weighted by Gasteiger charge is -2.09. The first-order valence-electron chi connectivity index (χ1n) is 5.72. The number of hydrogen-bond acceptors (Lipinski definition) is 3. The molecule has 18 heavy (non-hydrogen) atoms. The first-order chi connectivity index (χ1) is 8.66. The van der Waals surface area contributed by atoms with Crippen molar-refractivity contribution in [2.45, 2.75) is 19.5 Å². The fourth-order valence-electron chi connectivity index (χ4n) is 1.55. The van der Waals surface area contributed by atoms with Crippen molar-refractivity contribution in [1.29, 1.82) is 0 Å². The first-order valence-corrected chi connectivity index (χ1v) is 5.72. The number of nitrogens with one attached hydrogen (secondary N) is 1. The highest BCUT2D eigenvalue weighted by molar-refractivity contribution is 5.72. The zero-order chi connectivity index (χ0) is 13.0. The van der Waals surface area contributed by atoms with Crippen LogP contribution in [-0.2, 0) is 11.3 Å². The molecule has 1 unspecified atom stereocenters. The quantitative estimate of drug-likeness (QED) is 0.836. The molecule has 0 fully saturated rings. The second kappa shape index (κ2) is 5.46. The molecule has 0 aliphatic carbocycles. The van der Waals surface area contributed by atoms with E-state index >= 15 is 0 Å². The molecule has 0 spiro atoms. The van der Waals surface area contributed by atoms with Crippen LogP contribution in [0.1, 0.15) is 12.5 Å². The van der Waals surface area contributed by atoms with Crippen molar-refractivity contribution in [3.05, 3.63) is 48.3 Å². The summed E-state index contributed by atoms with van der Waals surface area (Å²) in [7, 11) is 0. The molecule has 1 heterocycles. The predicted octanol–water partition coefficient (Wildman–Crippen LogP) is 1.44. The number of carboxylic acid groups (broad SMARTS) is 1. The minimum Gasteiger partial charge on any atom is -0.480 e. The van der Waals surface area contributed by atoms with Crippen molar-refractivity contribution < 1.29 is 9.90 Å². The van der Waals surface area contributed by atoms with Crippen LogP contribution in [0, 0.1) is 0 Å². The fraction of sp³-hybridized carbons (Fsp3) is 0.231. The number of carboxylic acids is 1. The van der Waals surface area contributed by atoms with E-state index in [0.717, 1.165) is 11.3 Å². The Labute approximate surface area is 105 Å². The average molecular weight is 245 g/mol. The predicted molar refractivity (Wildman–Crippen MR) is 67.5 cm³/mol. The fourth-order valence-corrected chi connectivity index (χ4v) is 1.55. The van der Waals surface area contributed by atoms with Crippen molar-refractivity contribution in [3.63, 3.8) is 0 Å². The normalized spacial score (nSPS) is 12.3. The van der Waals surface area contributed by atoms with Crippen LogP contribution < -0.4 is 5.32 Å². The van der Waals surface area contributed by atoms with E-state index < -0.39 is 12.0 Å². The monoisotopic (exact) mass is 245 g/mol. The summed E-state index contributed by atoms with van der Waals surface area (Å²) in [4.78, 5) is 10.7. The van der Waals surface area contributed by atoms with E-state index in [1.54, 1.807) is 17.8 Å². The second-order valence-corrected chi connectivity index (χ2v) is 4.06. The van der Waals surface area contributed by atoms with Crippen LogP contribution in [0.5, 0.6) is 0 Å². The summed E-state index contributed by atoms with van der Waals surface area (Å²) in [6.07, 6.45) is 3.60. The number of hydrogen-bond donors (Lipinski definition) is 2. The molecule has 0 amide bonds. The molecule has 5 heteroatoms. The van der Waals surface area contributed by atoms with Gasteiger partial charge in [-0.05, 0) is 30.7 Å². The Hall–Kier alpha value is -2.14. The van der Waals surface area contributed by atoms with Gasteiger partial charge in [-0.1, -0.05) is 12.1 Å². The van der Waals surface area contributed by atoms with Crippen LogP contribution in [0.25, 0.3) is 5.69 Å². The summed E-state index contributed by atoms with van der Waals surface area (Å²) >= 11 is 0. The molecule has 2 N–H and O–H groups in total. The van der Waals surface area contributed by atoms with E-state index in [1.165, 1.54) is 0 Å². The van der Waals surface area contributed by atoms with Gasteiger partial charge in [0.15, 0.2) is 0 Å². The molecule has 5 nitrogen and oxygen atoms in total. The van der Waals surface area contributed by atoms with E-state index in [2.05, 4.69) is 10.4 Å². The number of aliphatic carboxylic acids is 1. The van der Waals surface area contributed by atoms with Gasteiger partial charge in [0.2, 0.25) is 0 Å². The van der Waals surface area contributed by atoms with E-state index in [9.17, 15) is 4.79 Å². The molecule has 0 radical (unpaired) electrons. The Morgan fingerprint density at radius 2 is 2.17 bits per heavy atom. The molecule has 0 saturated heterocycles. The molecule has 0 saturated carbocycles. The lowest BCUT2D eigenvalue weighted by atomic mass is 10.2. The number of rotatable bonds is 5. The third-order valence-electron chi connectivity index (χ3n) is 2.69. The van der Waals surface area contributed by atoms with Gasteiger partial charge < -0.3 is 10.4 Å². The Kier molecular flexibility index (Phi) is 3.74. The van der Waals surface area contributed by atoms with Gasteiger partial charge >= 0.3 is 5.97 Å². The van der Waals surface area contributed by atoms with Gasteiger partial charge in [0.05, 0.1) is 5.69 Å². The van der Waals surface area contributed by atoms with Crippen molar-refractivity contribution in [2.75, 3.05) is 0 Å². The zero-order valence-corrected chi connectivity index (χ0v) is 10.1. The van der Waals surface area contributed by atoms with Crippen LogP contribution in [-0.4, -0.2) is 26.9 Å². The van der Waals surface area contributed by atoms with Gasteiger partial charge in [-0.3, -0.25) is 4.79 Å². The van der Waals surface area contributed by atoms with Crippen molar-refractivity contribution >= 4 is 5.97 Å². The van der Waals surface area contributed by atoms with Gasteiger partial charge in [-0.2, -0.15) is 5.10 Å². The molecule has 2 rings (SSSR count). The van der Waals surface area contributed by atoms with Gasteiger partial charge in [-0.15, -0.1) is 0 Å². The molecule has 1 aromatic carbocycles. The van der Waals surface area contributed by atoms with Crippen molar-refractivity contribution in [3.8, 4) is 5.69 Å². The molecular formula is C13H15N3O2. The molecule has 1 aromatic heterocycles. The summed E-state index contributed by atoms with van der Waals surface area (Å²) in [6.45, 7) is 2.16. The average Bonchev–Trinajstić information content (AvgIpc) is 2.90. The lowest BCUT2D eigenvalue weighted by Crippen LogP contribution is -2.33. The standard InChI is InChI=1S/C13H15N3O2/c1-10(13(17)18)14-9-11-3-5-12(6-4-11)16-8-2-7-15-16/h2-8,10,14H,9H2,1H3,(H,17,18). The van der Waals surface area contributed by atoms with Crippen molar-refractivity contribution in [2.24, 2.45) is 0 Å². The second-order valence-electron chi connectivity index (χ2n) is 4.06. The number of nitrogens with zero attached hydrogens (tertiary/aromatic N) is 2. The molecule has 2 aromatic rings. The highest BCUT2D eigenvalue weighted by Crippen LogP contribution is 2.08. The maximum atomic E-state index is 10.7. The lowest BCUT2D eigenvalue weighted by molar-refractivity contribution is -0.139. The Morgan fingerprint density at radius 1 is 1.44 bits per heavy atom. The SMILES string of the molecule is CC(NCc1ccc(-n2cccn2)cc1)C(=O)O. The summed E-state index contributed by atoms with van der Waals surface area (Å²) in [5.41, 5.74) is 2.02. The summed E-state index contributed by atoms with van der Waals surface area (Å²) in [6, 6.07) is 9.14. The van der Waals surface area contributed by atoms with Gasteiger partial charge in [0.1, 0.15) is 6.04 Å². The first kappa shape index (κ1) is 12.3. The van der Waals surface area contributed by atoms with Crippen LogP contribution >= 0.6 is 0 Å². The largest absolute Gasteiger partial charge is 0.480 e. The van der Waals surface area contributed by atoms with E-state index in [-0.39, 0.29) is 0 Å². The zero-order valence-electron chi connectivity index (χ0n) is 10.1. The maximum Gasteiger partial charge on any atom is 0.320 e. The van der Waals surface area contributed by atoms with E-state index in [1.807, 2.05) is 36.5 Å².